The summed E-state index contributed by atoms with van der Waals surface area (Å²) in [6.07, 6.45) is 5.36. The van der Waals surface area contributed by atoms with E-state index in [9.17, 15) is 0 Å². The van der Waals surface area contributed by atoms with Gasteiger partial charge in [-0.25, -0.2) is 0 Å². The third-order valence-corrected chi connectivity index (χ3v) is 5.89. The summed E-state index contributed by atoms with van der Waals surface area (Å²) in [6.45, 7) is 0.771. The molecule has 2 nitrogen and oxygen atoms in total. The number of thioether (sulfide) groups is 1. The summed E-state index contributed by atoms with van der Waals surface area (Å²) >= 11 is 1.90. The normalized spacial score (nSPS) is 22.2. The largest absolute Gasteiger partial charge is 0.359 e. The zero-order chi connectivity index (χ0) is 14.1. The van der Waals surface area contributed by atoms with Gasteiger partial charge in [-0.2, -0.15) is 0 Å². The van der Waals surface area contributed by atoms with Crippen molar-refractivity contribution in [3.8, 4) is 0 Å². The highest BCUT2D eigenvalue weighted by atomic mass is 32.2. The zero-order valence-corrected chi connectivity index (χ0v) is 13.0. The van der Waals surface area contributed by atoms with Crippen LogP contribution < -0.4 is 5.32 Å². The molecule has 0 aromatic heterocycles. The van der Waals surface area contributed by atoms with Crippen LogP contribution in [-0.2, 0) is 6.54 Å². The monoisotopic (exact) mass is 296 g/mol. The van der Waals surface area contributed by atoms with Crippen molar-refractivity contribution in [2.24, 2.45) is 4.99 Å². The van der Waals surface area contributed by atoms with Crippen LogP contribution in [0.15, 0.2) is 47.5 Å². The minimum absolute atomic E-state index is 0.363. The highest BCUT2D eigenvalue weighted by Crippen LogP contribution is 2.37. The molecule has 3 heteroatoms. The molecule has 2 aromatic carbocycles. The first-order chi connectivity index (χ1) is 10.3. The van der Waals surface area contributed by atoms with Gasteiger partial charge in [-0.15, -0.1) is 0 Å². The molecule has 0 bridgehead atoms. The molecule has 1 N–H and O–H groups in total. The summed E-state index contributed by atoms with van der Waals surface area (Å²) in [5.74, 6) is 1.20. The van der Waals surface area contributed by atoms with E-state index in [4.69, 9.17) is 4.99 Å². The van der Waals surface area contributed by atoms with E-state index in [1.54, 1.807) is 0 Å². The van der Waals surface area contributed by atoms with Gasteiger partial charge in [0.15, 0.2) is 5.17 Å². The van der Waals surface area contributed by atoms with Crippen molar-refractivity contribution < 1.29 is 0 Å². The van der Waals surface area contributed by atoms with Gasteiger partial charge >= 0.3 is 0 Å². The molecule has 1 spiro atoms. The molecule has 108 valence electrons. The van der Waals surface area contributed by atoms with Crippen molar-refractivity contribution in [2.45, 2.75) is 37.8 Å². The quantitative estimate of drug-likeness (QED) is 0.891. The minimum atomic E-state index is 0.363. The van der Waals surface area contributed by atoms with Crippen molar-refractivity contribution in [3.05, 3.63) is 48.0 Å². The number of hydrogen-bond acceptors (Lipinski definition) is 2. The molecule has 1 aliphatic heterocycles. The Labute approximate surface area is 130 Å². The SMILES string of the molecule is c1ccc2c(CN=C3NC4(CCCC4)CS3)cccc2c1. The molecule has 2 fully saturated rings. The summed E-state index contributed by atoms with van der Waals surface area (Å²) in [6, 6.07) is 15.1. The molecule has 2 aromatic rings. The van der Waals surface area contributed by atoms with Crippen LogP contribution in [-0.4, -0.2) is 16.5 Å². The van der Waals surface area contributed by atoms with Crippen LogP contribution in [0.1, 0.15) is 31.2 Å². The number of nitrogens with zero attached hydrogens (tertiary/aromatic N) is 1. The smallest absolute Gasteiger partial charge is 0.157 e. The van der Waals surface area contributed by atoms with Crippen LogP contribution >= 0.6 is 11.8 Å². The van der Waals surface area contributed by atoms with Gasteiger partial charge in [-0.3, -0.25) is 4.99 Å². The molecule has 1 saturated carbocycles. The topological polar surface area (TPSA) is 24.4 Å². The molecule has 0 atom stereocenters. The molecular formula is C18H20N2S. The lowest BCUT2D eigenvalue weighted by Crippen LogP contribution is -2.40. The first-order valence-electron chi connectivity index (χ1n) is 7.77. The summed E-state index contributed by atoms with van der Waals surface area (Å²) in [5, 5.41) is 7.46. The fraction of sp³-hybridized carbons (Fsp3) is 0.389. The predicted molar refractivity (Wildman–Crippen MR) is 91.9 cm³/mol. The van der Waals surface area contributed by atoms with E-state index < -0.39 is 0 Å². The lowest BCUT2D eigenvalue weighted by atomic mass is 10.0. The minimum Gasteiger partial charge on any atom is -0.359 e. The Morgan fingerprint density at radius 2 is 1.86 bits per heavy atom. The summed E-state index contributed by atoms with van der Waals surface area (Å²) in [4.78, 5) is 4.83. The van der Waals surface area contributed by atoms with E-state index in [1.807, 2.05) is 11.8 Å². The molecular weight excluding hydrogens is 276 g/mol. The van der Waals surface area contributed by atoms with Crippen molar-refractivity contribution >= 4 is 27.7 Å². The van der Waals surface area contributed by atoms with Gasteiger partial charge in [0.25, 0.3) is 0 Å². The molecule has 1 saturated heterocycles. The molecule has 2 aliphatic rings. The van der Waals surface area contributed by atoms with Crippen molar-refractivity contribution in [2.75, 3.05) is 5.75 Å². The van der Waals surface area contributed by atoms with E-state index in [1.165, 1.54) is 47.8 Å². The van der Waals surface area contributed by atoms with Crippen LogP contribution in [0.4, 0.5) is 0 Å². The Bertz CT molecular complexity index is 681. The molecule has 0 radical (unpaired) electrons. The third kappa shape index (κ3) is 2.55. The molecule has 4 rings (SSSR count). The fourth-order valence-corrected chi connectivity index (χ4v) is 4.72. The first-order valence-corrected chi connectivity index (χ1v) is 8.75. The average Bonchev–Trinajstić information content (AvgIpc) is 3.15. The Balaban J connectivity index is 1.55. The first kappa shape index (κ1) is 13.2. The molecule has 21 heavy (non-hydrogen) atoms. The number of rotatable bonds is 2. The van der Waals surface area contributed by atoms with Crippen LogP contribution in [0.25, 0.3) is 10.8 Å². The van der Waals surface area contributed by atoms with E-state index in [0.717, 1.165) is 11.7 Å². The average molecular weight is 296 g/mol. The van der Waals surface area contributed by atoms with Gasteiger partial charge < -0.3 is 5.32 Å². The van der Waals surface area contributed by atoms with Crippen molar-refractivity contribution in [1.29, 1.82) is 0 Å². The second kappa shape index (κ2) is 5.38. The maximum atomic E-state index is 4.83. The van der Waals surface area contributed by atoms with Gasteiger partial charge in [0.2, 0.25) is 0 Å². The third-order valence-electron chi connectivity index (χ3n) is 4.69. The van der Waals surface area contributed by atoms with Gasteiger partial charge in [0.05, 0.1) is 6.54 Å². The van der Waals surface area contributed by atoms with Gasteiger partial charge in [-0.05, 0) is 29.2 Å². The van der Waals surface area contributed by atoms with Crippen LogP contribution in [0.5, 0.6) is 0 Å². The lowest BCUT2D eigenvalue weighted by molar-refractivity contribution is 0.452. The number of hydrogen-bond donors (Lipinski definition) is 1. The second-order valence-corrected chi connectivity index (χ2v) is 7.12. The number of amidine groups is 1. The van der Waals surface area contributed by atoms with Crippen molar-refractivity contribution in [1.82, 2.24) is 5.32 Å². The number of benzene rings is 2. The molecule has 0 unspecified atom stereocenters. The van der Waals surface area contributed by atoms with E-state index in [0.29, 0.717) is 5.54 Å². The summed E-state index contributed by atoms with van der Waals surface area (Å²) < 4.78 is 0. The van der Waals surface area contributed by atoms with Crippen molar-refractivity contribution in [3.63, 3.8) is 0 Å². The molecule has 1 heterocycles. The number of nitrogens with one attached hydrogen (secondary N) is 1. The Hall–Kier alpha value is -1.48. The van der Waals surface area contributed by atoms with E-state index in [-0.39, 0.29) is 0 Å². The highest BCUT2D eigenvalue weighted by molar-refractivity contribution is 8.14. The Kier molecular flexibility index (Phi) is 3.38. The fourth-order valence-electron chi connectivity index (χ4n) is 3.50. The lowest BCUT2D eigenvalue weighted by Gasteiger charge is -2.21. The standard InChI is InChI=1S/C18H20N2S/c1-2-9-16-14(6-1)7-5-8-15(16)12-19-17-20-18(13-21-17)10-3-4-11-18/h1-2,5-9H,3-4,10-13H2,(H,19,20). The van der Waals surface area contributed by atoms with Gasteiger partial charge in [0, 0.05) is 11.3 Å². The van der Waals surface area contributed by atoms with E-state index in [2.05, 4.69) is 47.8 Å². The number of aliphatic imine (C=N–C) groups is 1. The maximum Gasteiger partial charge on any atom is 0.157 e. The zero-order valence-electron chi connectivity index (χ0n) is 12.1. The predicted octanol–water partition coefficient (Wildman–Crippen LogP) is 4.35. The maximum absolute atomic E-state index is 4.83. The summed E-state index contributed by atoms with van der Waals surface area (Å²) in [5.41, 5.74) is 1.68. The molecule has 1 aliphatic carbocycles. The van der Waals surface area contributed by atoms with Crippen LogP contribution in [0, 0.1) is 0 Å². The highest BCUT2D eigenvalue weighted by Gasteiger charge is 2.39. The Morgan fingerprint density at radius 1 is 1.05 bits per heavy atom. The second-order valence-electron chi connectivity index (χ2n) is 6.16. The van der Waals surface area contributed by atoms with Gasteiger partial charge in [-0.1, -0.05) is 67.1 Å². The number of fused-ring (bicyclic) bond motifs is 1. The van der Waals surface area contributed by atoms with Crippen LogP contribution in [0.2, 0.25) is 0 Å². The molecule has 0 amide bonds. The summed E-state index contributed by atoms with van der Waals surface area (Å²) in [7, 11) is 0. The van der Waals surface area contributed by atoms with Gasteiger partial charge in [0.1, 0.15) is 0 Å². The van der Waals surface area contributed by atoms with E-state index >= 15 is 0 Å². The van der Waals surface area contributed by atoms with Crippen LogP contribution in [0.3, 0.4) is 0 Å². The Morgan fingerprint density at radius 3 is 2.76 bits per heavy atom.